The maximum atomic E-state index is 12.3. The molecule has 0 aliphatic carbocycles. The molecule has 1 atom stereocenters. The van der Waals surface area contributed by atoms with Crippen LogP contribution in [0.15, 0.2) is 24.3 Å². The Bertz CT molecular complexity index is 422. The van der Waals surface area contributed by atoms with Gasteiger partial charge in [-0.05, 0) is 37.5 Å². The number of nitrogens with zero attached hydrogens (tertiary/aromatic N) is 1. The van der Waals surface area contributed by atoms with E-state index in [0.717, 1.165) is 23.6 Å². The van der Waals surface area contributed by atoms with Crippen molar-refractivity contribution in [2.75, 3.05) is 23.5 Å². The van der Waals surface area contributed by atoms with Gasteiger partial charge in [0, 0.05) is 6.42 Å². The lowest BCUT2D eigenvalue weighted by atomic mass is 10.1. The normalized spacial score (nSPS) is 18.1. The predicted octanol–water partition coefficient (Wildman–Crippen LogP) is 2.94. The van der Waals surface area contributed by atoms with Crippen LogP contribution in [0.2, 0.25) is 0 Å². The van der Waals surface area contributed by atoms with E-state index < -0.39 is 0 Å². The first kappa shape index (κ1) is 13.3. The predicted molar refractivity (Wildman–Crippen MR) is 76.5 cm³/mol. The van der Waals surface area contributed by atoms with Gasteiger partial charge >= 0.3 is 0 Å². The van der Waals surface area contributed by atoms with Gasteiger partial charge in [-0.25, -0.2) is 0 Å². The zero-order valence-corrected chi connectivity index (χ0v) is 11.7. The van der Waals surface area contributed by atoms with Crippen LogP contribution >= 0.6 is 11.8 Å². The Hall–Kier alpha value is -1.16. The Balaban J connectivity index is 2.13. The van der Waals surface area contributed by atoms with Gasteiger partial charge in [-0.2, -0.15) is 11.8 Å². The highest BCUT2D eigenvalue weighted by Crippen LogP contribution is 2.33. The number of ether oxygens (including phenoxy) is 1. The van der Waals surface area contributed by atoms with E-state index in [1.54, 1.807) is 11.8 Å². The number of carbonyl (C=O) groups is 1. The second kappa shape index (κ2) is 6.14. The molecule has 1 aliphatic rings. The number of rotatable bonds is 4. The molecule has 1 amide bonds. The summed E-state index contributed by atoms with van der Waals surface area (Å²) in [5.41, 5.74) is 0.908. The number of fused-ring (bicyclic) bond motifs is 1. The Kier molecular flexibility index (Phi) is 4.53. The van der Waals surface area contributed by atoms with Crippen molar-refractivity contribution in [1.29, 1.82) is 0 Å². The third kappa shape index (κ3) is 2.80. The minimum absolute atomic E-state index is 0.113. The average molecular weight is 265 g/mol. The number of hydrogen-bond acceptors (Lipinski definition) is 3. The van der Waals surface area contributed by atoms with Crippen LogP contribution in [0.4, 0.5) is 5.69 Å². The summed E-state index contributed by atoms with van der Waals surface area (Å²) in [5, 5.41) is 0. The van der Waals surface area contributed by atoms with Gasteiger partial charge in [0.1, 0.15) is 12.4 Å². The number of carbonyl (C=O) groups excluding carboxylic acids is 1. The minimum atomic E-state index is 0.113. The Morgan fingerprint density at radius 1 is 1.50 bits per heavy atom. The molecule has 2 rings (SSSR count). The molecule has 0 saturated heterocycles. The first-order valence-electron chi connectivity index (χ1n) is 6.27. The van der Waals surface area contributed by atoms with E-state index in [1.165, 1.54) is 0 Å². The Morgan fingerprint density at radius 3 is 3.06 bits per heavy atom. The molecule has 0 spiro atoms. The van der Waals surface area contributed by atoms with E-state index in [-0.39, 0.29) is 11.9 Å². The largest absolute Gasteiger partial charge is 0.489 e. The quantitative estimate of drug-likeness (QED) is 0.784. The molecule has 0 radical (unpaired) electrons. The van der Waals surface area contributed by atoms with Crippen molar-refractivity contribution in [3.63, 3.8) is 0 Å². The smallest absolute Gasteiger partial charge is 0.227 e. The summed E-state index contributed by atoms with van der Waals surface area (Å²) in [7, 11) is 0. The molecule has 18 heavy (non-hydrogen) atoms. The molecule has 0 fully saturated rings. The molecule has 0 N–H and O–H groups in total. The van der Waals surface area contributed by atoms with E-state index in [2.05, 4.69) is 6.26 Å². The maximum absolute atomic E-state index is 12.3. The molecular weight excluding hydrogens is 246 g/mol. The van der Waals surface area contributed by atoms with Crippen molar-refractivity contribution in [1.82, 2.24) is 0 Å². The molecule has 4 heteroatoms. The number of anilines is 1. The monoisotopic (exact) mass is 265 g/mol. The fourth-order valence-corrected chi connectivity index (χ4v) is 2.60. The highest BCUT2D eigenvalue weighted by Gasteiger charge is 2.28. The fraction of sp³-hybridized carbons (Fsp3) is 0.500. The van der Waals surface area contributed by atoms with Crippen LogP contribution in [-0.2, 0) is 4.79 Å². The summed E-state index contributed by atoms with van der Waals surface area (Å²) in [5.74, 6) is 2.05. The second-order valence-corrected chi connectivity index (χ2v) is 5.47. The van der Waals surface area contributed by atoms with Crippen LogP contribution in [-0.4, -0.2) is 30.6 Å². The van der Waals surface area contributed by atoms with Gasteiger partial charge in [-0.15, -0.1) is 0 Å². The zero-order valence-electron chi connectivity index (χ0n) is 10.9. The fourth-order valence-electron chi connectivity index (χ4n) is 2.17. The number of amides is 1. The third-order valence-electron chi connectivity index (χ3n) is 3.05. The van der Waals surface area contributed by atoms with Crippen molar-refractivity contribution in [3.8, 4) is 5.75 Å². The van der Waals surface area contributed by atoms with Crippen LogP contribution in [0.1, 0.15) is 19.8 Å². The summed E-state index contributed by atoms with van der Waals surface area (Å²) < 4.78 is 5.64. The number of para-hydroxylation sites is 2. The summed E-state index contributed by atoms with van der Waals surface area (Å²) in [4.78, 5) is 14.2. The highest BCUT2D eigenvalue weighted by molar-refractivity contribution is 7.98. The molecule has 0 saturated carbocycles. The second-order valence-electron chi connectivity index (χ2n) is 4.49. The van der Waals surface area contributed by atoms with E-state index in [9.17, 15) is 4.79 Å². The minimum Gasteiger partial charge on any atom is -0.489 e. The van der Waals surface area contributed by atoms with Gasteiger partial charge in [0.25, 0.3) is 0 Å². The number of thioether (sulfide) groups is 1. The topological polar surface area (TPSA) is 29.5 Å². The first-order valence-corrected chi connectivity index (χ1v) is 7.66. The van der Waals surface area contributed by atoms with Crippen LogP contribution in [0.3, 0.4) is 0 Å². The van der Waals surface area contributed by atoms with Crippen LogP contribution in [0.25, 0.3) is 0 Å². The van der Waals surface area contributed by atoms with Gasteiger partial charge < -0.3 is 9.64 Å². The van der Waals surface area contributed by atoms with Gasteiger partial charge in [0.15, 0.2) is 0 Å². The summed E-state index contributed by atoms with van der Waals surface area (Å²) in [6.07, 6.45) is 3.61. The number of benzene rings is 1. The zero-order chi connectivity index (χ0) is 13.0. The molecule has 1 heterocycles. The van der Waals surface area contributed by atoms with Crippen molar-refractivity contribution in [2.45, 2.75) is 25.8 Å². The van der Waals surface area contributed by atoms with Crippen molar-refractivity contribution in [3.05, 3.63) is 24.3 Å². The van der Waals surface area contributed by atoms with E-state index in [0.29, 0.717) is 13.0 Å². The van der Waals surface area contributed by atoms with Crippen molar-refractivity contribution >= 4 is 23.4 Å². The summed E-state index contributed by atoms with van der Waals surface area (Å²) in [6.45, 7) is 2.60. The Labute approximate surface area is 113 Å². The Morgan fingerprint density at radius 2 is 2.28 bits per heavy atom. The van der Waals surface area contributed by atoms with Crippen LogP contribution < -0.4 is 9.64 Å². The van der Waals surface area contributed by atoms with Gasteiger partial charge in [-0.1, -0.05) is 12.1 Å². The summed E-state index contributed by atoms with van der Waals surface area (Å²) >= 11 is 1.78. The molecule has 3 nitrogen and oxygen atoms in total. The standard InChI is InChI=1S/C14H19NO2S/c1-11-10-17-13-7-4-3-6-12(13)15(11)14(16)8-5-9-18-2/h3-4,6-7,11H,5,8-10H2,1-2H3. The highest BCUT2D eigenvalue weighted by atomic mass is 32.2. The molecule has 1 unspecified atom stereocenters. The van der Waals surface area contributed by atoms with E-state index >= 15 is 0 Å². The lowest BCUT2D eigenvalue weighted by molar-refractivity contribution is -0.119. The molecule has 1 aromatic carbocycles. The van der Waals surface area contributed by atoms with Gasteiger partial charge in [0.05, 0.1) is 11.7 Å². The molecule has 1 aromatic rings. The van der Waals surface area contributed by atoms with Gasteiger partial charge in [0.2, 0.25) is 5.91 Å². The molecule has 98 valence electrons. The van der Waals surface area contributed by atoms with E-state index in [1.807, 2.05) is 36.1 Å². The lowest BCUT2D eigenvalue weighted by Gasteiger charge is -2.35. The SMILES string of the molecule is CSCCCC(=O)N1c2ccccc2OCC1C. The lowest BCUT2D eigenvalue weighted by Crippen LogP contribution is -2.45. The van der Waals surface area contributed by atoms with E-state index in [4.69, 9.17) is 4.74 Å². The van der Waals surface area contributed by atoms with Crippen molar-refractivity contribution in [2.24, 2.45) is 0 Å². The average Bonchev–Trinajstić information content (AvgIpc) is 2.38. The van der Waals surface area contributed by atoms with Gasteiger partial charge in [-0.3, -0.25) is 4.79 Å². The molecular formula is C14H19NO2S. The van der Waals surface area contributed by atoms with Crippen LogP contribution in [0.5, 0.6) is 5.75 Å². The van der Waals surface area contributed by atoms with Crippen LogP contribution in [0, 0.1) is 0 Å². The molecule has 0 bridgehead atoms. The number of hydrogen-bond donors (Lipinski definition) is 0. The molecule has 1 aliphatic heterocycles. The molecule has 0 aromatic heterocycles. The third-order valence-corrected chi connectivity index (χ3v) is 3.75. The van der Waals surface area contributed by atoms with Crippen molar-refractivity contribution < 1.29 is 9.53 Å². The first-order chi connectivity index (χ1) is 8.74. The summed E-state index contributed by atoms with van der Waals surface area (Å²) in [6, 6.07) is 7.87. The maximum Gasteiger partial charge on any atom is 0.227 e.